The highest BCUT2D eigenvalue weighted by molar-refractivity contribution is 5.36. The normalized spacial score (nSPS) is 22.7. The van der Waals surface area contributed by atoms with E-state index in [1.165, 1.54) is 0 Å². The second kappa shape index (κ2) is 6.37. The monoisotopic (exact) mass is 241 g/mol. The molecule has 0 saturated heterocycles. The Balaban J connectivity index is 1.85. The molecule has 2 unspecified atom stereocenters. The molecule has 0 saturated carbocycles. The van der Waals surface area contributed by atoms with Crippen LogP contribution in [0.1, 0.15) is 30.9 Å². The van der Waals surface area contributed by atoms with Crippen molar-refractivity contribution < 1.29 is 4.74 Å². The van der Waals surface area contributed by atoms with Crippen molar-refractivity contribution in [1.29, 1.82) is 5.26 Å². The number of allylic oxidation sites excluding steroid dienone is 2. The lowest BCUT2D eigenvalue weighted by Crippen LogP contribution is -2.19. The first-order chi connectivity index (χ1) is 8.81. The van der Waals surface area contributed by atoms with E-state index >= 15 is 0 Å². The summed E-state index contributed by atoms with van der Waals surface area (Å²) in [5, 5.41) is 8.99. The molecule has 0 aromatic heterocycles. The van der Waals surface area contributed by atoms with E-state index in [4.69, 9.17) is 10.00 Å². The van der Waals surface area contributed by atoms with Crippen LogP contribution >= 0.6 is 0 Å². The highest BCUT2D eigenvalue weighted by Gasteiger charge is 2.18. The van der Waals surface area contributed by atoms with Crippen molar-refractivity contribution in [3.8, 4) is 6.07 Å². The van der Waals surface area contributed by atoms with E-state index in [1.807, 2.05) is 24.3 Å². The first kappa shape index (κ1) is 12.9. The first-order valence-corrected chi connectivity index (χ1v) is 6.52. The van der Waals surface area contributed by atoms with Crippen LogP contribution in [0.2, 0.25) is 0 Å². The van der Waals surface area contributed by atoms with Crippen LogP contribution in [0.25, 0.3) is 0 Å². The van der Waals surface area contributed by atoms with Crippen molar-refractivity contribution in [2.75, 3.05) is 6.61 Å². The number of nitriles is 1. The van der Waals surface area contributed by atoms with Crippen LogP contribution in [-0.4, -0.2) is 6.61 Å². The quantitative estimate of drug-likeness (QED) is 0.753. The Kier molecular flexibility index (Phi) is 4.55. The highest BCUT2D eigenvalue weighted by atomic mass is 16.5. The molecule has 2 heteroatoms. The smallest absolute Gasteiger partial charge is 0.0995 e. The summed E-state index contributed by atoms with van der Waals surface area (Å²) in [6.07, 6.45) is 6.77. The van der Waals surface area contributed by atoms with Gasteiger partial charge in [0, 0.05) is 0 Å². The van der Waals surface area contributed by atoms with Crippen LogP contribution in [-0.2, 0) is 11.3 Å². The summed E-state index contributed by atoms with van der Waals surface area (Å²) < 4.78 is 5.79. The van der Waals surface area contributed by atoms with Crippen molar-refractivity contribution >= 4 is 0 Å². The van der Waals surface area contributed by atoms with Gasteiger partial charge < -0.3 is 4.74 Å². The molecule has 18 heavy (non-hydrogen) atoms. The Morgan fingerprint density at radius 3 is 2.83 bits per heavy atom. The molecule has 1 aliphatic carbocycles. The van der Waals surface area contributed by atoms with Gasteiger partial charge in [-0.05, 0) is 36.3 Å². The van der Waals surface area contributed by atoms with Gasteiger partial charge in [-0.2, -0.15) is 5.26 Å². The third kappa shape index (κ3) is 3.21. The molecule has 1 aliphatic rings. The maximum absolute atomic E-state index is 8.99. The highest BCUT2D eigenvalue weighted by Crippen LogP contribution is 2.25. The third-order valence-corrected chi connectivity index (χ3v) is 3.65. The van der Waals surface area contributed by atoms with E-state index in [-0.39, 0.29) is 0 Å². The Bertz CT molecular complexity index is 458. The van der Waals surface area contributed by atoms with E-state index < -0.39 is 0 Å². The van der Waals surface area contributed by atoms with Crippen molar-refractivity contribution in [2.24, 2.45) is 11.8 Å². The largest absolute Gasteiger partial charge is 0.376 e. The molecule has 1 aromatic carbocycles. The van der Waals surface area contributed by atoms with Gasteiger partial charge in [-0.15, -0.1) is 0 Å². The lowest BCUT2D eigenvalue weighted by atomic mass is 9.85. The van der Waals surface area contributed by atoms with Crippen LogP contribution in [0.15, 0.2) is 36.4 Å². The van der Waals surface area contributed by atoms with E-state index in [1.54, 1.807) is 0 Å². The summed E-state index contributed by atoms with van der Waals surface area (Å²) in [7, 11) is 0. The van der Waals surface area contributed by atoms with Crippen molar-refractivity contribution in [3.05, 3.63) is 47.5 Å². The summed E-state index contributed by atoms with van der Waals surface area (Å²) in [6.45, 7) is 3.60. The maximum atomic E-state index is 8.99. The average molecular weight is 241 g/mol. The maximum Gasteiger partial charge on any atom is 0.0995 e. The van der Waals surface area contributed by atoms with Gasteiger partial charge in [0.2, 0.25) is 0 Å². The van der Waals surface area contributed by atoms with Crippen LogP contribution in [0.5, 0.6) is 0 Å². The zero-order chi connectivity index (χ0) is 12.8. The number of rotatable bonds is 4. The van der Waals surface area contributed by atoms with Gasteiger partial charge in [0.15, 0.2) is 0 Å². The molecule has 1 aromatic rings. The summed E-state index contributed by atoms with van der Waals surface area (Å²) in [6, 6.07) is 9.84. The predicted octanol–water partition coefficient (Wildman–Crippen LogP) is 3.68. The Morgan fingerprint density at radius 1 is 1.28 bits per heavy atom. The number of ether oxygens (including phenoxy) is 1. The summed E-state index contributed by atoms with van der Waals surface area (Å²) in [5.74, 6) is 1.31. The lowest BCUT2D eigenvalue weighted by Gasteiger charge is -2.25. The number of nitrogens with zero attached hydrogens (tertiary/aromatic N) is 1. The SMILES string of the molecule is CC1CC=CCC1COCc1ccccc1C#N. The molecule has 0 fully saturated rings. The fourth-order valence-corrected chi connectivity index (χ4v) is 2.31. The van der Waals surface area contributed by atoms with Gasteiger partial charge in [-0.1, -0.05) is 37.3 Å². The van der Waals surface area contributed by atoms with Gasteiger partial charge >= 0.3 is 0 Å². The Hall–Kier alpha value is -1.59. The molecule has 0 amide bonds. The lowest BCUT2D eigenvalue weighted by molar-refractivity contribution is 0.0679. The predicted molar refractivity (Wildman–Crippen MR) is 71.8 cm³/mol. The number of benzene rings is 1. The second-order valence-electron chi connectivity index (χ2n) is 4.96. The molecule has 0 heterocycles. The van der Waals surface area contributed by atoms with Gasteiger partial charge in [-0.3, -0.25) is 0 Å². The minimum Gasteiger partial charge on any atom is -0.376 e. The van der Waals surface area contributed by atoms with E-state index in [2.05, 4.69) is 25.1 Å². The molecule has 0 spiro atoms. The summed E-state index contributed by atoms with van der Waals surface area (Å²) >= 11 is 0. The summed E-state index contributed by atoms with van der Waals surface area (Å²) in [4.78, 5) is 0. The first-order valence-electron chi connectivity index (χ1n) is 6.52. The topological polar surface area (TPSA) is 33.0 Å². The molecule has 2 rings (SSSR count). The van der Waals surface area contributed by atoms with Gasteiger partial charge in [0.05, 0.1) is 24.8 Å². The minimum absolute atomic E-state index is 0.538. The van der Waals surface area contributed by atoms with E-state index in [9.17, 15) is 0 Å². The molecule has 0 bridgehead atoms. The molecule has 94 valence electrons. The van der Waals surface area contributed by atoms with Crippen LogP contribution < -0.4 is 0 Å². The molecule has 2 atom stereocenters. The van der Waals surface area contributed by atoms with Gasteiger partial charge in [-0.25, -0.2) is 0 Å². The zero-order valence-electron chi connectivity index (χ0n) is 10.8. The van der Waals surface area contributed by atoms with Gasteiger partial charge in [0.1, 0.15) is 0 Å². The minimum atomic E-state index is 0.538. The second-order valence-corrected chi connectivity index (χ2v) is 4.96. The third-order valence-electron chi connectivity index (χ3n) is 3.65. The molecular weight excluding hydrogens is 222 g/mol. The number of hydrogen-bond donors (Lipinski definition) is 0. The molecule has 0 N–H and O–H groups in total. The van der Waals surface area contributed by atoms with Crippen LogP contribution in [0.4, 0.5) is 0 Å². The number of hydrogen-bond acceptors (Lipinski definition) is 2. The average Bonchev–Trinajstić information content (AvgIpc) is 2.41. The summed E-state index contributed by atoms with van der Waals surface area (Å²) in [5.41, 5.74) is 1.70. The van der Waals surface area contributed by atoms with Crippen LogP contribution in [0.3, 0.4) is 0 Å². The van der Waals surface area contributed by atoms with Crippen molar-refractivity contribution in [3.63, 3.8) is 0 Å². The molecule has 2 nitrogen and oxygen atoms in total. The van der Waals surface area contributed by atoms with E-state index in [0.717, 1.165) is 25.0 Å². The molecule has 0 aliphatic heterocycles. The fourth-order valence-electron chi connectivity index (χ4n) is 2.31. The molecular formula is C16H19NO. The van der Waals surface area contributed by atoms with Crippen molar-refractivity contribution in [2.45, 2.75) is 26.4 Å². The fraction of sp³-hybridized carbons (Fsp3) is 0.438. The van der Waals surface area contributed by atoms with Crippen molar-refractivity contribution in [1.82, 2.24) is 0 Å². The molecule has 0 radical (unpaired) electrons. The van der Waals surface area contributed by atoms with E-state index in [0.29, 0.717) is 24.0 Å². The standard InChI is InChI=1S/C16H19NO/c1-13-6-2-3-8-15(13)11-18-12-16-9-5-4-7-14(16)10-17/h2-5,7,9,13,15H,6,8,11-12H2,1H3. The van der Waals surface area contributed by atoms with Crippen LogP contribution in [0, 0.1) is 23.2 Å². The Labute approximate surface area is 109 Å². The van der Waals surface area contributed by atoms with Gasteiger partial charge in [0.25, 0.3) is 0 Å². The Morgan fingerprint density at radius 2 is 2.06 bits per heavy atom. The zero-order valence-corrected chi connectivity index (χ0v) is 10.8.